The van der Waals surface area contributed by atoms with Gasteiger partial charge in [-0.3, -0.25) is 0 Å². The average Bonchev–Trinajstić information content (AvgIpc) is 2.36. The molecular formula is C15H29NO. The lowest BCUT2D eigenvalue weighted by Crippen LogP contribution is -2.35. The molecule has 2 fully saturated rings. The normalized spacial score (nSPS) is 41.1. The Kier molecular flexibility index (Phi) is 3.57. The van der Waals surface area contributed by atoms with E-state index in [1.807, 2.05) is 0 Å². The van der Waals surface area contributed by atoms with Crippen LogP contribution in [0.4, 0.5) is 0 Å². The van der Waals surface area contributed by atoms with Gasteiger partial charge in [0.05, 0.1) is 11.2 Å². The third kappa shape index (κ3) is 3.03. The maximum atomic E-state index is 6.24. The van der Waals surface area contributed by atoms with Gasteiger partial charge in [0, 0.05) is 6.04 Å². The second-order valence-corrected chi connectivity index (χ2v) is 7.32. The van der Waals surface area contributed by atoms with Crippen molar-refractivity contribution in [3.05, 3.63) is 0 Å². The van der Waals surface area contributed by atoms with Gasteiger partial charge < -0.3 is 10.5 Å². The van der Waals surface area contributed by atoms with E-state index in [-0.39, 0.29) is 11.2 Å². The molecule has 1 saturated heterocycles. The smallest absolute Gasteiger partial charge is 0.0665 e. The number of nitrogens with two attached hydrogens (primary N) is 1. The van der Waals surface area contributed by atoms with Gasteiger partial charge in [0.15, 0.2) is 0 Å². The third-order valence-electron chi connectivity index (χ3n) is 4.72. The summed E-state index contributed by atoms with van der Waals surface area (Å²) < 4.78 is 6.24. The molecule has 17 heavy (non-hydrogen) atoms. The fraction of sp³-hybridized carbons (Fsp3) is 1.00. The van der Waals surface area contributed by atoms with Crippen molar-refractivity contribution >= 4 is 0 Å². The van der Waals surface area contributed by atoms with Crippen molar-refractivity contribution in [1.29, 1.82) is 0 Å². The Balaban J connectivity index is 2.10. The Labute approximate surface area is 106 Å². The molecule has 100 valence electrons. The van der Waals surface area contributed by atoms with Crippen LogP contribution in [0.5, 0.6) is 0 Å². The Morgan fingerprint density at radius 3 is 2.29 bits per heavy atom. The molecule has 0 bridgehead atoms. The minimum atomic E-state index is 0.0260. The second kappa shape index (κ2) is 4.55. The van der Waals surface area contributed by atoms with Crippen molar-refractivity contribution in [1.82, 2.24) is 0 Å². The molecular weight excluding hydrogens is 210 g/mol. The van der Waals surface area contributed by atoms with Gasteiger partial charge in [-0.15, -0.1) is 0 Å². The van der Waals surface area contributed by atoms with Crippen LogP contribution >= 0.6 is 0 Å². The van der Waals surface area contributed by atoms with E-state index in [1.165, 1.54) is 38.5 Å². The van der Waals surface area contributed by atoms with E-state index in [4.69, 9.17) is 10.5 Å². The minimum Gasteiger partial charge on any atom is -0.369 e. The van der Waals surface area contributed by atoms with Gasteiger partial charge >= 0.3 is 0 Å². The van der Waals surface area contributed by atoms with Gasteiger partial charge in [-0.05, 0) is 58.8 Å². The molecule has 0 aromatic rings. The van der Waals surface area contributed by atoms with Crippen LogP contribution in [0.25, 0.3) is 0 Å². The third-order valence-corrected chi connectivity index (χ3v) is 4.72. The quantitative estimate of drug-likeness (QED) is 0.711. The van der Waals surface area contributed by atoms with Crippen molar-refractivity contribution in [2.75, 3.05) is 0 Å². The zero-order valence-electron chi connectivity index (χ0n) is 12.0. The first-order valence-corrected chi connectivity index (χ1v) is 7.26. The molecule has 0 aromatic heterocycles. The summed E-state index contributed by atoms with van der Waals surface area (Å²) in [5, 5.41) is 0. The first-order chi connectivity index (χ1) is 7.80. The van der Waals surface area contributed by atoms with Crippen LogP contribution in [-0.2, 0) is 4.74 Å². The summed E-state index contributed by atoms with van der Waals surface area (Å²) in [5.41, 5.74) is 6.28. The first kappa shape index (κ1) is 13.4. The summed E-state index contributed by atoms with van der Waals surface area (Å²) in [6.07, 6.45) is 7.63. The van der Waals surface area contributed by atoms with Gasteiger partial charge in [0.25, 0.3) is 0 Å². The van der Waals surface area contributed by atoms with Crippen molar-refractivity contribution in [3.8, 4) is 0 Å². The maximum absolute atomic E-state index is 6.24. The van der Waals surface area contributed by atoms with Crippen molar-refractivity contribution in [3.63, 3.8) is 0 Å². The van der Waals surface area contributed by atoms with Crippen LogP contribution in [0.15, 0.2) is 0 Å². The van der Waals surface area contributed by atoms with Gasteiger partial charge in [0.2, 0.25) is 0 Å². The lowest BCUT2D eigenvalue weighted by molar-refractivity contribution is -0.0807. The molecule has 1 aliphatic heterocycles. The van der Waals surface area contributed by atoms with Crippen molar-refractivity contribution in [2.24, 2.45) is 17.6 Å². The molecule has 0 aromatic carbocycles. The van der Waals surface area contributed by atoms with Crippen molar-refractivity contribution in [2.45, 2.75) is 83.5 Å². The van der Waals surface area contributed by atoms with Crippen LogP contribution in [0.1, 0.15) is 66.2 Å². The van der Waals surface area contributed by atoms with E-state index in [0.29, 0.717) is 12.0 Å². The van der Waals surface area contributed by atoms with E-state index >= 15 is 0 Å². The zero-order valence-corrected chi connectivity index (χ0v) is 12.0. The molecule has 2 N–H and O–H groups in total. The van der Waals surface area contributed by atoms with E-state index in [0.717, 1.165) is 5.92 Å². The molecule has 2 heteroatoms. The summed E-state index contributed by atoms with van der Waals surface area (Å²) in [7, 11) is 0. The predicted octanol–water partition coefficient (Wildman–Crippen LogP) is 3.49. The fourth-order valence-electron chi connectivity index (χ4n) is 4.14. The van der Waals surface area contributed by atoms with Crippen molar-refractivity contribution < 1.29 is 4.74 Å². The molecule has 2 nitrogen and oxygen atoms in total. The molecule has 1 heterocycles. The average molecular weight is 239 g/mol. The highest BCUT2D eigenvalue weighted by molar-refractivity contribution is 4.98. The lowest BCUT2D eigenvalue weighted by atomic mass is 9.74. The van der Waals surface area contributed by atoms with Crippen LogP contribution in [0.2, 0.25) is 0 Å². The molecule has 1 saturated carbocycles. The van der Waals surface area contributed by atoms with Crippen LogP contribution in [-0.4, -0.2) is 17.2 Å². The second-order valence-electron chi connectivity index (χ2n) is 7.32. The SMILES string of the molecule is CC1(C)CC(C2CCCCC(N)C2)C(C)(C)O1. The van der Waals surface area contributed by atoms with Crippen LogP contribution < -0.4 is 5.73 Å². The molecule has 0 radical (unpaired) electrons. The Morgan fingerprint density at radius 2 is 1.71 bits per heavy atom. The Hall–Kier alpha value is -0.0800. The lowest BCUT2D eigenvalue weighted by Gasteiger charge is -2.33. The molecule has 2 aliphatic rings. The molecule has 3 unspecified atom stereocenters. The summed E-state index contributed by atoms with van der Waals surface area (Å²) in [6.45, 7) is 8.99. The molecule has 2 rings (SSSR count). The van der Waals surface area contributed by atoms with E-state index in [1.54, 1.807) is 0 Å². The van der Waals surface area contributed by atoms with Gasteiger partial charge in [-0.1, -0.05) is 19.3 Å². The van der Waals surface area contributed by atoms with E-state index in [9.17, 15) is 0 Å². The number of hydrogen-bond acceptors (Lipinski definition) is 2. The summed E-state index contributed by atoms with van der Waals surface area (Å²) in [6, 6.07) is 0.419. The number of hydrogen-bond donors (Lipinski definition) is 1. The van der Waals surface area contributed by atoms with E-state index in [2.05, 4.69) is 27.7 Å². The minimum absolute atomic E-state index is 0.0260. The zero-order chi connectivity index (χ0) is 12.7. The monoisotopic (exact) mass is 239 g/mol. The summed E-state index contributed by atoms with van der Waals surface area (Å²) >= 11 is 0. The molecule has 0 spiro atoms. The molecule has 0 amide bonds. The molecule has 1 aliphatic carbocycles. The standard InChI is InChI=1S/C15H29NO/c1-14(2)10-13(15(3,4)17-14)11-7-5-6-8-12(16)9-11/h11-13H,5-10,16H2,1-4H3. The maximum Gasteiger partial charge on any atom is 0.0665 e. The van der Waals surface area contributed by atoms with Crippen LogP contribution in [0, 0.1) is 11.8 Å². The number of ether oxygens (including phenoxy) is 1. The van der Waals surface area contributed by atoms with Gasteiger partial charge in [-0.25, -0.2) is 0 Å². The highest BCUT2D eigenvalue weighted by atomic mass is 16.5. The first-order valence-electron chi connectivity index (χ1n) is 7.26. The van der Waals surface area contributed by atoms with Crippen LogP contribution in [0.3, 0.4) is 0 Å². The Morgan fingerprint density at radius 1 is 1.06 bits per heavy atom. The number of rotatable bonds is 1. The molecule has 3 atom stereocenters. The summed E-state index contributed by atoms with van der Waals surface area (Å²) in [4.78, 5) is 0. The summed E-state index contributed by atoms with van der Waals surface area (Å²) in [5.74, 6) is 1.45. The topological polar surface area (TPSA) is 35.2 Å². The van der Waals surface area contributed by atoms with Gasteiger partial charge in [-0.2, -0.15) is 0 Å². The fourth-order valence-corrected chi connectivity index (χ4v) is 4.14. The van der Waals surface area contributed by atoms with E-state index < -0.39 is 0 Å². The Bertz CT molecular complexity index is 272. The highest BCUT2D eigenvalue weighted by Crippen LogP contribution is 2.48. The predicted molar refractivity (Wildman–Crippen MR) is 71.9 cm³/mol. The largest absolute Gasteiger partial charge is 0.369 e. The highest BCUT2D eigenvalue weighted by Gasteiger charge is 2.48. The van der Waals surface area contributed by atoms with Gasteiger partial charge in [0.1, 0.15) is 0 Å².